The molecule has 1 aliphatic heterocycles. The van der Waals surface area contributed by atoms with Crippen LogP contribution in [0.3, 0.4) is 0 Å². The Morgan fingerprint density at radius 2 is 2.19 bits per heavy atom. The maximum Gasteiger partial charge on any atom is 0.188 e. The number of ether oxygens (including phenoxy) is 1. The minimum Gasteiger partial charge on any atom is -0.497 e. The number of methoxy groups -OCH3 is 1. The normalized spacial score (nSPS) is 17.6. The quantitative estimate of drug-likeness (QED) is 0.673. The fraction of sp³-hybridized carbons (Fsp3) is 0.333. The number of hydrogen-bond donors (Lipinski definition) is 1. The molecule has 1 aromatic carbocycles. The average molecular weight is 381 g/mol. The van der Waals surface area contributed by atoms with Gasteiger partial charge in [0.2, 0.25) is 0 Å². The first kappa shape index (κ1) is 17.9. The van der Waals surface area contributed by atoms with Crippen molar-refractivity contribution in [3.63, 3.8) is 0 Å². The predicted octanol–water partition coefficient (Wildman–Crippen LogP) is 4.67. The van der Waals surface area contributed by atoms with E-state index >= 15 is 0 Å². The standard InChI is InChI=1S/C21H24N4OS/c1-26-18-7-2-5-16(13-18)14-25-11-4-6-17(15-25)19-8-3-9-20(23-19)24-21-22-10-12-27-21/h2-3,5,7-10,12-13,17H,4,6,11,14-15H2,1H3,(H,22,23,24). The molecule has 3 heterocycles. The van der Waals surface area contributed by atoms with Crippen molar-refractivity contribution in [2.75, 3.05) is 25.5 Å². The third-order valence-corrected chi connectivity index (χ3v) is 5.59. The Bertz CT molecular complexity index is 868. The van der Waals surface area contributed by atoms with Gasteiger partial charge in [-0.2, -0.15) is 0 Å². The summed E-state index contributed by atoms with van der Waals surface area (Å²) in [4.78, 5) is 11.6. The van der Waals surface area contributed by atoms with Crippen LogP contribution in [0.1, 0.15) is 30.0 Å². The third-order valence-electron chi connectivity index (χ3n) is 4.90. The molecule has 0 radical (unpaired) electrons. The van der Waals surface area contributed by atoms with Crippen LogP contribution in [0.15, 0.2) is 54.0 Å². The van der Waals surface area contributed by atoms with E-state index in [9.17, 15) is 0 Å². The molecule has 0 bridgehead atoms. The number of nitrogens with one attached hydrogen (secondary N) is 1. The monoisotopic (exact) mass is 380 g/mol. The second kappa shape index (κ2) is 8.50. The van der Waals surface area contributed by atoms with Gasteiger partial charge in [0, 0.05) is 36.3 Å². The highest BCUT2D eigenvalue weighted by Crippen LogP contribution is 2.28. The zero-order valence-electron chi connectivity index (χ0n) is 15.5. The molecule has 0 saturated carbocycles. The molecular weight excluding hydrogens is 356 g/mol. The Morgan fingerprint density at radius 1 is 1.26 bits per heavy atom. The second-order valence-electron chi connectivity index (χ2n) is 6.84. The van der Waals surface area contributed by atoms with Gasteiger partial charge in [-0.15, -0.1) is 11.3 Å². The first-order valence-electron chi connectivity index (χ1n) is 9.29. The van der Waals surface area contributed by atoms with Crippen molar-refractivity contribution in [2.24, 2.45) is 0 Å². The van der Waals surface area contributed by atoms with Crippen molar-refractivity contribution < 1.29 is 4.74 Å². The molecule has 1 fully saturated rings. The molecule has 140 valence electrons. The van der Waals surface area contributed by atoms with Crippen LogP contribution < -0.4 is 10.1 Å². The lowest BCUT2D eigenvalue weighted by atomic mass is 9.94. The highest BCUT2D eigenvalue weighted by Gasteiger charge is 2.22. The van der Waals surface area contributed by atoms with Crippen LogP contribution in [0, 0.1) is 0 Å². The number of likely N-dealkylation sites (tertiary alicyclic amines) is 1. The molecule has 6 heteroatoms. The number of anilines is 2. The predicted molar refractivity (Wildman–Crippen MR) is 110 cm³/mol. The lowest BCUT2D eigenvalue weighted by Crippen LogP contribution is -2.34. The van der Waals surface area contributed by atoms with E-state index in [1.807, 2.05) is 17.5 Å². The average Bonchev–Trinajstić information content (AvgIpc) is 3.22. The number of thiazole rings is 1. The van der Waals surface area contributed by atoms with Crippen molar-refractivity contribution in [2.45, 2.75) is 25.3 Å². The maximum absolute atomic E-state index is 5.35. The molecule has 1 atom stereocenters. The smallest absolute Gasteiger partial charge is 0.188 e. The molecule has 27 heavy (non-hydrogen) atoms. The number of benzene rings is 1. The summed E-state index contributed by atoms with van der Waals surface area (Å²) in [6.07, 6.45) is 4.18. The van der Waals surface area contributed by atoms with E-state index in [1.54, 1.807) is 24.6 Å². The molecule has 5 nitrogen and oxygen atoms in total. The van der Waals surface area contributed by atoms with Crippen LogP contribution in [0.5, 0.6) is 5.75 Å². The second-order valence-corrected chi connectivity index (χ2v) is 7.73. The highest BCUT2D eigenvalue weighted by atomic mass is 32.1. The summed E-state index contributed by atoms with van der Waals surface area (Å²) < 4.78 is 5.35. The number of piperidine rings is 1. The minimum atomic E-state index is 0.461. The van der Waals surface area contributed by atoms with E-state index in [0.717, 1.165) is 42.0 Å². The van der Waals surface area contributed by atoms with Gasteiger partial charge in [-0.25, -0.2) is 9.97 Å². The lowest BCUT2D eigenvalue weighted by Gasteiger charge is -2.32. The van der Waals surface area contributed by atoms with E-state index in [0.29, 0.717) is 5.92 Å². The van der Waals surface area contributed by atoms with E-state index < -0.39 is 0 Å². The number of hydrogen-bond acceptors (Lipinski definition) is 6. The number of nitrogens with zero attached hydrogens (tertiary/aromatic N) is 3. The van der Waals surface area contributed by atoms with Crippen molar-refractivity contribution in [3.8, 4) is 5.75 Å². The molecule has 1 unspecified atom stereocenters. The Hall–Kier alpha value is -2.44. The molecule has 0 amide bonds. The molecular formula is C21H24N4OS. The summed E-state index contributed by atoms with van der Waals surface area (Å²) in [5.74, 6) is 2.25. The van der Waals surface area contributed by atoms with Crippen LogP contribution in [-0.2, 0) is 6.54 Å². The SMILES string of the molecule is COc1cccc(CN2CCCC(c3cccc(Nc4nccs4)n3)C2)c1. The van der Waals surface area contributed by atoms with Crippen molar-refractivity contribution in [1.29, 1.82) is 0 Å². The molecule has 4 rings (SSSR count). The van der Waals surface area contributed by atoms with Crippen LogP contribution in [-0.4, -0.2) is 35.1 Å². The van der Waals surface area contributed by atoms with Gasteiger partial charge in [0.1, 0.15) is 11.6 Å². The largest absolute Gasteiger partial charge is 0.497 e. The van der Waals surface area contributed by atoms with E-state index in [-0.39, 0.29) is 0 Å². The van der Waals surface area contributed by atoms with Crippen molar-refractivity contribution in [1.82, 2.24) is 14.9 Å². The zero-order valence-corrected chi connectivity index (χ0v) is 16.3. The molecule has 3 aromatic rings. The van der Waals surface area contributed by atoms with E-state index in [1.165, 1.54) is 18.4 Å². The summed E-state index contributed by atoms with van der Waals surface area (Å²) in [5, 5.41) is 6.14. The molecule has 1 saturated heterocycles. The molecule has 1 aliphatic rings. The van der Waals surface area contributed by atoms with Gasteiger partial charge in [0.25, 0.3) is 0 Å². The lowest BCUT2D eigenvalue weighted by molar-refractivity contribution is 0.198. The molecule has 1 N–H and O–H groups in total. The molecule has 0 aliphatic carbocycles. The topological polar surface area (TPSA) is 50.3 Å². The summed E-state index contributed by atoms with van der Waals surface area (Å²) in [5.41, 5.74) is 2.45. The van der Waals surface area contributed by atoms with Crippen molar-refractivity contribution in [3.05, 3.63) is 65.3 Å². The van der Waals surface area contributed by atoms with Gasteiger partial charge in [0.15, 0.2) is 5.13 Å². The highest BCUT2D eigenvalue weighted by molar-refractivity contribution is 7.13. The van der Waals surface area contributed by atoms with Crippen molar-refractivity contribution >= 4 is 22.3 Å². The first-order chi connectivity index (χ1) is 13.3. The number of pyridine rings is 1. The van der Waals surface area contributed by atoms with Crippen LogP contribution in [0.4, 0.5) is 10.9 Å². The van der Waals surface area contributed by atoms with Gasteiger partial charge in [-0.05, 0) is 49.2 Å². The maximum atomic E-state index is 5.35. The number of aromatic nitrogens is 2. The van der Waals surface area contributed by atoms with Gasteiger partial charge in [-0.1, -0.05) is 18.2 Å². The number of rotatable bonds is 6. The summed E-state index contributed by atoms with van der Waals surface area (Å²) in [7, 11) is 1.72. The minimum absolute atomic E-state index is 0.461. The van der Waals surface area contributed by atoms with Crippen LogP contribution >= 0.6 is 11.3 Å². The van der Waals surface area contributed by atoms with Gasteiger partial charge < -0.3 is 10.1 Å². The van der Waals surface area contributed by atoms with Gasteiger partial charge in [-0.3, -0.25) is 4.90 Å². The van der Waals surface area contributed by atoms with E-state index in [2.05, 4.69) is 45.5 Å². The van der Waals surface area contributed by atoms with Crippen LogP contribution in [0.25, 0.3) is 0 Å². The Morgan fingerprint density at radius 3 is 3.04 bits per heavy atom. The van der Waals surface area contributed by atoms with Crippen LogP contribution in [0.2, 0.25) is 0 Å². The third kappa shape index (κ3) is 4.64. The van der Waals surface area contributed by atoms with Gasteiger partial charge >= 0.3 is 0 Å². The summed E-state index contributed by atoms with van der Waals surface area (Å²) in [6, 6.07) is 14.6. The Balaban J connectivity index is 1.43. The van der Waals surface area contributed by atoms with E-state index in [4.69, 9.17) is 9.72 Å². The summed E-state index contributed by atoms with van der Waals surface area (Å²) in [6.45, 7) is 3.11. The zero-order chi connectivity index (χ0) is 18.5. The molecule has 2 aromatic heterocycles. The molecule has 0 spiro atoms. The first-order valence-corrected chi connectivity index (χ1v) is 10.2. The fourth-order valence-corrected chi connectivity index (χ4v) is 4.15. The Labute approximate surface area is 164 Å². The Kier molecular flexibility index (Phi) is 5.65. The fourth-order valence-electron chi connectivity index (χ4n) is 3.61. The summed E-state index contributed by atoms with van der Waals surface area (Å²) >= 11 is 1.58. The van der Waals surface area contributed by atoms with Gasteiger partial charge in [0.05, 0.1) is 7.11 Å².